The lowest BCUT2D eigenvalue weighted by Gasteiger charge is -2.34. The number of piperidine rings is 1. The molecule has 1 N–H and O–H groups in total. The van der Waals surface area contributed by atoms with Crippen LogP contribution in [-0.4, -0.2) is 63.6 Å². The van der Waals surface area contributed by atoms with Crippen LogP contribution in [-0.2, 0) is 0 Å². The van der Waals surface area contributed by atoms with Gasteiger partial charge in [0, 0.05) is 26.7 Å². The van der Waals surface area contributed by atoms with Gasteiger partial charge >= 0.3 is 0 Å². The molecule has 0 bridgehead atoms. The van der Waals surface area contributed by atoms with E-state index in [1.54, 1.807) is 7.11 Å². The molecule has 1 aromatic rings. The lowest BCUT2D eigenvalue weighted by Crippen LogP contribution is -2.47. The molecule has 1 aromatic carbocycles. The average Bonchev–Trinajstić information content (AvgIpc) is 2.59. The highest BCUT2D eigenvalue weighted by atomic mass is 16.5. The van der Waals surface area contributed by atoms with Crippen molar-refractivity contribution in [1.82, 2.24) is 15.1 Å². The van der Waals surface area contributed by atoms with E-state index in [0.29, 0.717) is 0 Å². The minimum absolute atomic E-state index is 0.264. The highest BCUT2D eigenvalue weighted by molar-refractivity contribution is 5.80. The Morgan fingerprint density at radius 2 is 2.08 bits per heavy atom. The highest BCUT2D eigenvalue weighted by Gasteiger charge is 2.20. The number of nitrogens with zero attached hydrogens (tertiary/aromatic N) is 3. The predicted molar refractivity (Wildman–Crippen MR) is 101 cm³/mol. The van der Waals surface area contributed by atoms with Crippen LogP contribution < -0.4 is 10.1 Å². The topological polar surface area (TPSA) is 40.1 Å². The van der Waals surface area contributed by atoms with E-state index in [1.165, 1.54) is 18.4 Å². The largest absolute Gasteiger partial charge is 0.497 e. The van der Waals surface area contributed by atoms with E-state index >= 15 is 0 Å². The van der Waals surface area contributed by atoms with Crippen LogP contribution in [0.25, 0.3) is 0 Å². The third-order valence-electron chi connectivity index (χ3n) is 4.85. The SMILES string of the molecule is CN=C(NCC(c1cccc(OC)c1)N(C)C)N1CCC(C)CC1. The van der Waals surface area contributed by atoms with Crippen LogP contribution in [0.5, 0.6) is 5.75 Å². The predicted octanol–water partition coefficient (Wildman–Crippen LogP) is 2.61. The number of benzene rings is 1. The fourth-order valence-electron chi connectivity index (χ4n) is 3.19. The van der Waals surface area contributed by atoms with Crippen LogP contribution in [0, 0.1) is 5.92 Å². The minimum atomic E-state index is 0.264. The highest BCUT2D eigenvalue weighted by Crippen LogP contribution is 2.22. The van der Waals surface area contributed by atoms with Crippen LogP contribution in [0.1, 0.15) is 31.4 Å². The zero-order valence-electron chi connectivity index (χ0n) is 15.7. The molecule has 0 spiro atoms. The summed E-state index contributed by atoms with van der Waals surface area (Å²) in [5.41, 5.74) is 1.24. The number of aliphatic imine (C=N–C) groups is 1. The van der Waals surface area contributed by atoms with Gasteiger partial charge in [0.2, 0.25) is 0 Å². The molecular formula is C19H32N4O. The van der Waals surface area contributed by atoms with E-state index in [4.69, 9.17) is 4.74 Å². The quantitative estimate of drug-likeness (QED) is 0.665. The zero-order chi connectivity index (χ0) is 17.5. The standard InChI is InChI=1S/C19H32N4O/c1-15-9-11-23(12-10-15)19(20-2)21-14-18(22(3)4)16-7-6-8-17(13-16)24-5/h6-8,13,15,18H,9-12,14H2,1-5H3,(H,20,21). The Morgan fingerprint density at radius 3 is 2.67 bits per heavy atom. The number of hydrogen-bond donors (Lipinski definition) is 1. The average molecular weight is 332 g/mol. The molecule has 5 heteroatoms. The summed E-state index contributed by atoms with van der Waals surface area (Å²) in [4.78, 5) is 9.09. The van der Waals surface area contributed by atoms with Gasteiger partial charge in [0.1, 0.15) is 5.75 Å². The molecule has 0 aliphatic carbocycles. The number of likely N-dealkylation sites (N-methyl/N-ethyl adjacent to an activating group) is 1. The van der Waals surface area contributed by atoms with Crippen LogP contribution in [0.4, 0.5) is 0 Å². The Kier molecular flexibility index (Phi) is 6.91. The number of nitrogens with one attached hydrogen (secondary N) is 1. The summed E-state index contributed by atoms with van der Waals surface area (Å²) in [7, 11) is 7.80. The van der Waals surface area contributed by atoms with Crippen molar-refractivity contribution in [3.05, 3.63) is 29.8 Å². The van der Waals surface area contributed by atoms with Crippen molar-refractivity contribution in [2.45, 2.75) is 25.8 Å². The summed E-state index contributed by atoms with van der Waals surface area (Å²) in [5.74, 6) is 2.73. The first kappa shape index (κ1) is 18.6. The number of rotatable bonds is 5. The van der Waals surface area contributed by atoms with Gasteiger partial charge in [-0.1, -0.05) is 19.1 Å². The number of guanidine groups is 1. The fourth-order valence-corrected chi connectivity index (χ4v) is 3.19. The Morgan fingerprint density at radius 1 is 1.38 bits per heavy atom. The van der Waals surface area contributed by atoms with Gasteiger partial charge in [0.15, 0.2) is 5.96 Å². The molecule has 0 saturated carbocycles. The van der Waals surface area contributed by atoms with Crippen molar-refractivity contribution < 1.29 is 4.74 Å². The molecule has 1 unspecified atom stereocenters. The lowest BCUT2D eigenvalue weighted by atomic mass is 9.99. The lowest BCUT2D eigenvalue weighted by molar-refractivity contribution is 0.264. The first-order chi connectivity index (χ1) is 11.5. The van der Waals surface area contributed by atoms with Crippen molar-refractivity contribution in [1.29, 1.82) is 0 Å². The number of hydrogen-bond acceptors (Lipinski definition) is 3. The van der Waals surface area contributed by atoms with Crippen molar-refractivity contribution >= 4 is 5.96 Å². The molecule has 0 radical (unpaired) electrons. The van der Waals surface area contributed by atoms with Gasteiger partial charge in [-0.2, -0.15) is 0 Å². The molecule has 134 valence electrons. The van der Waals surface area contributed by atoms with E-state index in [9.17, 15) is 0 Å². The van der Waals surface area contributed by atoms with Crippen LogP contribution in [0.2, 0.25) is 0 Å². The molecule has 1 atom stereocenters. The molecular weight excluding hydrogens is 300 g/mol. The van der Waals surface area contributed by atoms with Gasteiger partial charge in [0.25, 0.3) is 0 Å². The molecule has 0 aromatic heterocycles. The van der Waals surface area contributed by atoms with Gasteiger partial charge in [-0.15, -0.1) is 0 Å². The maximum Gasteiger partial charge on any atom is 0.193 e. The van der Waals surface area contributed by atoms with Crippen molar-refractivity contribution in [2.24, 2.45) is 10.9 Å². The molecule has 1 saturated heterocycles. The van der Waals surface area contributed by atoms with Gasteiger partial charge in [-0.25, -0.2) is 0 Å². The van der Waals surface area contributed by atoms with E-state index in [0.717, 1.165) is 37.3 Å². The van der Waals surface area contributed by atoms with Crippen molar-refractivity contribution in [2.75, 3.05) is 47.9 Å². The molecule has 24 heavy (non-hydrogen) atoms. The second-order valence-corrected chi connectivity index (χ2v) is 6.85. The summed E-state index contributed by atoms with van der Waals surface area (Å²) in [6.45, 7) is 5.33. The second-order valence-electron chi connectivity index (χ2n) is 6.85. The molecule has 1 aliphatic rings. The fraction of sp³-hybridized carbons (Fsp3) is 0.632. The Balaban J connectivity index is 2.02. The van der Waals surface area contributed by atoms with Gasteiger partial charge in [0.05, 0.1) is 13.2 Å². The number of likely N-dealkylation sites (tertiary alicyclic amines) is 1. The normalized spacial score (nSPS) is 17.9. The smallest absolute Gasteiger partial charge is 0.193 e. The Hall–Kier alpha value is -1.75. The molecule has 0 amide bonds. The summed E-state index contributed by atoms with van der Waals surface area (Å²) >= 11 is 0. The van der Waals surface area contributed by atoms with Crippen molar-refractivity contribution in [3.63, 3.8) is 0 Å². The third-order valence-corrected chi connectivity index (χ3v) is 4.85. The van der Waals surface area contributed by atoms with Gasteiger partial charge in [-0.05, 0) is 50.6 Å². The summed E-state index contributed by atoms with van der Waals surface area (Å²) in [6.07, 6.45) is 2.49. The molecule has 5 nitrogen and oxygen atoms in total. The summed E-state index contributed by atoms with van der Waals surface area (Å²) in [6, 6.07) is 8.56. The molecule has 2 rings (SSSR count). The van der Waals surface area contributed by atoms with E-state index in [2.05, 4.69) is 53.3 Å². The first-order valence-corrected chi connectivity index (χ1v) is 8.81. The van der Waals surface area contributed by atoms with Crippen LogP contribution in [0.15, 0.2) is 29.3 Å². The van der Waals surface area contributed by atoms with Gasteiger partial charge in [-0.3, -0.25) is 4.99 Å². The van der Waals surface area contributed by atoms with Crippen molar-refractivity contribution in [3.8, 4) is 5.75 Å². The van der Waals surface area contributed by atoms with Crippen LogP contribution in [0.3, 0.4) is 0 Å². The Bertz CT molecular complexity index is 536. The summed E-state index contributed by atoms with van der Waals surface area (Å²) in [5, 5.41) is 3.56. The maximum absolute atomic E-state index is 5.37. The van der Waals surface area contributed by atoms with E-state index in [-0.39, 0.29) is 6.04 Å². The maximum atomic E-state index is 5.37. The minimum Gasteiger partial charge on any atom is -0.497 e. The van der Waals surface area contributed by atoms with E-state index in [1.807, 2.05) is 19.2 Å². The monoisotopic (exact) mass is 332 g/mol. The first-order valence-electron chi connectivity index (χ1n) is 8.81. The second kappa shape index (κ2) is 8.92. The molecule has 1 fully saturated rings. The van der Waals surface area contributed by atoms with Gasteiger partial charge < -0.3 is 19.9 Å². The van der Waals surface area contributed by atoms with Crippen LogP contribution >= 0.6 is 0 Å². The zero-order valence-corrected chi connectivity index (χ0v) is 15.7. The molecule has 1 heterocycles. The molecule has 1 aliphatic heterocycles. The van der Waals surface area contributed by atoms with E-state index < -0.39 is 0 Å². The number of methoxy groups -OCH3 is 1. The number of ether oxygens (including phenoxy) is 1. The summed E-state index contributed by atoms with van der Waals surface area (Å²) < 4.78 is 5.37. The Labute approximate surface area is 146 Å². The third kappa shape index (κ3) is 4.87.